The third-order valence-electron chi connectivity index (χ3n) is 3.26. The molecule has 17 heavy (non-hydrogen) atoms. The summed E-state index contributed by atoms with van der Waals surface area (Å²) in [7, 11) is 4.22. The Kier molecular flexibility index (Phi) is 3.94. The summed E-state index contributed by atoms with van der Waals surface area (Å²) in [5.74, 6) is 1.14. The minimum Gasteiger partial charge on any atom is -0.357 e. The predicted octanol–water partition coefficient (Wildman–Crippen LogP) is 2.00. The summed E-state index contributed by atoms with van der Waals surface area (Å²) < 4.78 is 13.0. The molecule has 0 aliphatic carbocycles. The largest absolute Gasteiger partial charge is 0.357 e. The molecule has 1 aliphatic heterocycles. The van der Waals surface area contributed by atoms with Crippen molar-refractivity contribution >= 4 is 5.82 Å². The van der Waals surface area contributed by atoms with E-state index in [1.54, 1.807) is 6.07 Å². The maximum absolute atomic E-state index is 13.0. The van der Waals surface area contributed by atoms with Gasteiger partial charge in [-0.1, -0.05) is 6.07 Å². The first-order chi connectivity index (χ1) is 8.15. The second-order valence-electron chi connectivity index (χ2n) is 5.01. The van der Waals surface area contributed by atoms with Gasteiger partial charge in [-0.3, -0.25) is 0 Å². The minimum absolute atomic E-state index is 0.391. The van der Waals surface area contributed by atoms with Gasteiger partial charge in [0.2, 0.25) is 5.95 Å². The maximum atomic E-state index is 13.0. The van der Waals surface area contributed by atoms with Crippen LogP contribution in [0.5, 0.6) is 0 Å². The molecular weight excluding hydrogens is 217 g/mol. The summed E-state index contributed by atoms with van der Waals surface area (Å²) in [5.41, 5.74) is 0. The van der Waals surface area contributed by atoms with E-state index in [0.717, 1.165) is 44.2 Å². The summed E-state index contributed by atoms with van der Waals surface area (Å²) in [6.07, 6.45) is 2.33. The van der Waals surface area contributed by atoms with Crippen LogP contribution in [-0.4, -0.2) is 43.6 Å². The van der Waals surface area contributed by atoms with Crippen molar-refractivity contribution in [3.63, 3.8) is 0 Å². The van der Waals surface area contributed by atoms with Crippen LogP contribution in [0.4, 0.5) is 10.2 Å². The summed E-state index contributed by atoms with van der Waals surface area (Å²) in [4.78, 5) is 8.34. The zero-order chi connectivity index (χ0) is 12.3. The first-order valence-electron chi connectivity index (χ1n) is 6.17. The Balaban J connectivity index is 1.91. The fourth-order valence-corrected chi connectivity index (χ4v) is 2.43. The number of halogens is 1. The average Bonchev–Trinajstić information content (AvgIpc) is 2.29. The number of nitrogens with zero attached hydrogens (tertiary/aromatic N) is 3. The van der Waals surface area contributed by atoms with E-state index in [1.807, 2.05) is 6.07 Å². The van der Waals surface area contributed by atoms with Gasteiger partial charge in [0.1, 0.15) is 5.82 Å². The van der Waals surface area contributed by atoms with Gasteiger partial charge in [0.25, 0.3) is 0 Å². The van der Waals surface area contributed by atoms with Gasteiger partial charge in [-0.05, 0) is 45.0 Å². The third kappa shape index (κ3) is 3.40. The molecule has 4 heteroatoms. The molecule has 0 aromatic carbocycles. The number of hydrogen-bond donors (Lipinski definition) is 0. The van der Waals surface area contributed by atoms with Gasteiger partial charge in [-0.15, -0.1) is 0 Å². The normalized spacial score (nSPS) is 17.8. The van der Waals surface area contributed by atoms with Gasteiger partial charge in [0.05, 0.1) is 0 Å². The van der Waals surface area contributed by atoms with E-state index >= 15 is 0 Å². The lowest BCUT2D eigenvalue weighted by Gasteiger charge is -2.33. The fourth-order valence-electron chi connectivity index (χ4n) is 2.43. The highest BCUT2D eigenvalue weighted by atomic mass is 19.1. The molecule has 0 amide bonds. The van der Waals surface area contributed by atoms with Gasteiger partial charge in [-0.2, -0.15) is 4.39 Å². The Morgan fingerprint density at radius 3 is 2.65 bits per heavy atom. The predicted molar refractivity (Wildman–Crippen MR) is 67.7 cm³/mol. The Hall–Kier alpha value is -1.16. The van der Waals surface area contributed by atoms with Crippen molar-refractivity contribution in [2.45, 2.75) is 12.8 Å². The quantitative estimate of drug-likeness (QED) is 0.750. The molecule has 1 aromatic heterocycles. The van der Waals surface area contributed by atoms with Crippen LogP contribution < -0.4 is 4.90 Å². The summed E-state index contributed by atoms with van der Waals surface area (Å²) in [6, 6.07) is 5.00. The first-order valence-corrected chi connectivity index (χ1v) is 6.17. The molecule has 0 radical (unpaired) electrons. The topological polar surface area (TPSA) is 19.4 Å². The standard InChI is InChI=1S/C13H20FN3/c1-16(2)10-11-6-8-17(9-7-11)13-5-3-4-12(14)15-13/h3-5,11H,6-10H2,1-2H3. The number of aromatic nitrogens is 1. The smallest absolute Gasteiger partial charge is 0.214 e. The molecule has 1 fully saturated rings. The van der Waals surface area contributed by atoms with Crippen LogP contribution in [0.1, 0.15) is 12.8 Å². The molecule has 3 nitrogen and oxygen atoms in total. The molecule has 2 heterocycles. The molecule has 0 spiro atoms. The highest BCUT2D eigenvalue weighted by Crippen LogP contribution is 2.22. The first kappa shape index (κ1) is 12.3. The van der Waals surface area contributed by atoms with Crippen LogP contribution in [0.2, 0.25) is 0 Å². The summed E-state index contributed by atoms with van der Waals surface area (Å²) in [6.45, 7) is 3.11. The number of anilines is 1. The highest BCUT2D eigenvalue weighted by molar-refractivity contribution is 5.38. The van der Waals surface area contributed by atoms with Gasteiger partial charge in [0.15, 0.2) is 0 Å². The summed E-state index contributed by atoms with van der Waals surface area (Å²) >= 11 is 0. The molecule has 0 atom stereocenters. The van der Waals surface area contributed by atoms with E-state index in [4.69, 9.17) is 0 Å². The average molecular weight is 237 g/mol. The molecule has 0 unspecified atom stereocenters. The van der Waals surface area contributed by atoms with Gasteiger partial charge in [0, 0.05) is 19.6 Å². The zero-order valence-electron chi connectivity index (χ0n) is 10.6. The Morgan fingerprint density at radius 1 is 1.35 bits per heavy atom. The van der Waals surface area contributed by atoms with Gasteiger partial charge < -0.3 is 9.80 Å². The minimum atomic E-state index is -0.391. The Bertz CT molecular complexity index is 359. The monoisotopic (exact) mass is 237 g/mol. The lowest BCUT2D eigenvalue weighted by Crippen LogP contribution is -2.37. The van der Waals surface area contributed by atoms with E-state index in [2.05, 4.69) is 28.9 Å². The molecule has 1 aliphatic rings. The van der Waals surface area contributed by atoms with Crippen molar-refractivity contribution < 1.29 is 4.39 Å². The molecule has 0 bridgehead atoms. The third-order valence-corrected chi connectivity index (χ3v) is 3.26. The molecule has 1 saturated heterocycles. The molecule has 1 aromatic rings. The van der Waals surface area contributed by atoms with Crippen LogP contribution in [-0.2, 0) is 0 Å². The van der Waals surface area contributed by atoms with E-state index in [0.29, 0.717) is 0 Å². The van der Waals surface area contributed by atoms with Crippen LogP contribution in [0, 0.1) is 11.9 Å². The van der Waals surface area contributed by atoms with Crippen molar-refractivity contribution in [1.82, 2.24) is 9.88 Å². The second-order valence-corrected chi connectivity index (χ2v) is 5.01. The van der Waals surface area contributed by atoms with Crippen molar-refractivity contribution in [2.24, 2.45) is 5.92 Å². The van der Waals surface area contributed by atoms with Gasteiger partial charge in [-0.25, -0.2) is 4.98 Å². The van der Waals surface area contributed by atoms with Crippen LogP contribution in [0.25, 0.3) is 0 Å². The number of piperidine rings is 1. The van der Waals surface area contributed by atoms with Crippen molar-refractivity contribution in [3.05, 3.63) is 24.1 Å². The van der Waals surface area contributed by atoms with Crippen molar-refractivity contribution in [2.75, 3.05) is 38.6 Å². The van der Waals surface area contributed by atoms with E-state index in [-0.39, 0.29) is 0 Å². The number of hydrogen-bond acceptors (Lipinski definition) is 3. The van der Waals surface area contributed by atoms with Crippen molar-refractivity contribution in [1.29, 1.82) is 0 Å². The molecule has 0 N–H and O–H groups in total. The summed E-state index contributed by atoms with van der Waals surface area (Å²) in [5, 5.41) is 0. The molecule has 2 rings (SSSR count). The highest BCUT2D eigenvalue weighted by Gasteiger charge is 2.20. The Labute approximate surface area is 102 Å². The zero-order valence-corrected chi connectivity index (χ0v) is 10.6. The maximum Gasteiger partial charge on any atom is 0.214 e. The fraction of sp³-hybridized carbons (Fsp3) is 0.615. The molecule has 0 saturated carbocycles. The van der Waals surface area contributed by atoms with Crippen LogP contribution in [0.15, 0.2) is 18.2 Å². The van der Waals surface area contributed by atoms with E-state index in [9.17, 15) is 4.39 Å². The molecular formula is C13H20FN3. The second kappa shape index (κ2) is 5.45. The van der Waals surface area contributed by atoms with E-state index < -0.39 is 5.95 Å². The lowest BCUT2D eigenvalue weighted by atomic mass is 9.96. The van der Waals surface area contributed by atoms with E-state index in [1.165, 1.54) is 6.07 Å². The Morgan fingerprint density at radius 2 is 2.06 bits per heavy atom. The SMILES string of the molecule is CN(C)CC1CCN(c2cccc(F)n2)CC1. The lowest BCUT2D eigenvalue weighted by molar-refractivity contribution is 0.284. The number of rotatable bonds is 3. The van der Waals surface area contributed by atoms with Crippen LogP contribution >= 0.6 is 0 Å². The van der Waals surface area contributed by atoms with Crippen LogP contribution in [0.3, 0.4) is 0 Å². The van der Waals surface area contributed by atoms with Crippen molar-refractivity contribution in [3.8, 4) is 0 Å². The number of pyridine rings is 1. The van der Waals surface area contributed by atoms with Gasteiger partial charge >= 0.3 is 0 Å². The molecule has 94 valence electrons.